The van der Waals surface area contributed by atoms with E-state index in [1.54, 1.807) is 6.07 Å². The summed E-state index contributed by atoms with van der Waals surface area (Å²) < 4.78 is 13.1. The first-order valence-electron chi connectivity index (χ1n) is 9.98. The van der Waals surface area contributed by atoms with Crippen LogP contribution in [0.3, 0.4) is 0 Å². The number of benzene rings is 2. The Bertz CT molecular complexity index is 878. The first-order valence-corrected chi connectivity index (χ1v) is 10.4. The third-order valence-electron chi connectivity index (χ3n) is 5.64. The van der Waals surface area contributed by atoms with Crippen LogP contribution < -0.4 is 5.73 Å². The van der Waals surface area contributed by atoms with Crippen molar-refractivity contribution < 1.29 is 4.39 Å². The van der Waals surface area contributed by atoms with Crippen LogP contribution in [0.15, 0.2) is 60.7 Å². The maximum absolute atomic E-state index is 13.1. The average Bonchev–Trinajstić information content (AvgIpc) is 2.68. The number of nitrogens with zero attached hydrogens (tertiary/aromatic N) is 2. The van der Waals surface area contributed by atoms with E-state index in [4.69, 9.17) is 17.3 Å². The first-order chi connectivity index (χ1) is 13.8. The molecule has 2 aromatic rings. The average molecular weight is 414 g/mol. The van der Waals surface area contributed by atoms with Gasteiger partial charge in [-0.15, -0.1) is 0 Å². The highest BCUT2D eigenvalue weighted by molar-refractivity contribution is 6.30. The molecule has 1 aliphatic heterocycles. The highest BCUT2D eigenvalue weighted by Gasteiger charge is 2.27. The molecule has 1 saturated heterocycles. The van der Waals surface area contributed by atoms with Gasteiger partial charge in [-0.05, 0) is 54.8 Å². The fraction of sp³-hybridized carbons (Fsp3) is 0.333. The molecule has 0 aromatic heterocycles. The Hall–Kier alpha value is -2.14. The van der Waals surface area contributed by atoms with Gasteiger partial charge in [0.2, 0.25) is 0 Å². The zero-order valence-corrected chi connectivity index (χ0v) is 17.9. The second-order valence-electron chi connectivity index (χ2n) is 7.81. The number of piperazine rings is 1. The van der Waals surface area contributed by atoms with Crippen molar-refractivity contribution in [2.75, 3.05) is 25.4 Å². The van der Waals surface area contributed by atoms with E-state index in [1.807, 2.05) is 36.4 Å². The predicted octanol–water partition coefficient (Wildman–Crippen LogP) is 5.23. The van der Waals surface area contributed by atoms with Gasteiger partial charge in [-0.25, -0.2) is 4.39 Å². The monoisotopic (exact) mass is 413 g/mol. The molecule has 2 atom stereocenters. The number of halogens is 2. The molecule has 3 nitrogen and oxygen atoms in total. The van der Waals surface area contributed by atoms with Crippen molar-refractivity contribution in [3.63, 3.8) is 0 Å². The molecule has 0 radical (unpaired) electrons. The van der Waals surface area contributed by atoms with Crippen molar-refractivity contribution in [1.29, 1.82) is 0 Å². The van der Waals surface area contributed by atoms with Gasteiger partial charge in [0.1, 0.15) is 5.82 Å². The number of nitrogens with two attached hydrogens (primary N) is 1. The molecule has 3 rings (SSSR count). The van der Waals surface area contributed by atoms with E-state index >= 15 is 0 Å². The highest BCUT2D eigenvalue weighted by Crippen LogP contribution is 2.23. The van der Waals surface area contributed by atoms with E-state index in [1.165, 1.54) is 12.1 Å². The summed E-state index contributed by atoms with van der Waals surface area (Å²) in [6.45, 7) is 12.5. The Kier molecular flexibility index (Phi) is 7.12. The number of hydrogen-bond donors (Lipinski definition) is 1. The van der Waals surface area contributed by atoms with Crippen LogP contribution in [0.4, 0.5) is 10.1 Å². The van der Waals surface area contributed by atoms with Crippen molar-refractivity contribution >= 4 is 23.4 Å². The standard InChI is InChI=1S/C24H29ClFN3/c1-17(4-7-21-8-9-22(25)14-24(21)27)19(3)29-13-12-28(15-18(29)2)16-20-5-10-23(26)11-6-20/h4-11,14,18-19H,1,12-13,15-16,27H2,2-3H3/b7-4+. The molecular formula is C24H29ClFN3. The largest absolute Gasteiger partial charge is 0.398 e. The van der Waals surface area contributed by atoms with E-state index in [2.05, 4.69) is 30.2 Å². The summed E-state index contributed by atoms with van der Waals surface area (Å²) in [4.78, 5) is 4.91. The SMILES string of the molecule is C=C(/C=C/c1ccc(Cl)cc1N)C(C)N1CCN(Cc2ccc(F)cc2)CC1C. The minimum absolute atomic E-state index is 0.187. The van der Waals surface area contributed by atoms with Gasteiger partial charge in [0, 0.05) is 49.0 Å². The second kappa shape index (κ2) is 9.57. The summed E-state index contributed by atoms with van der Waals surface area (Å²) in [5.74, 6) is -0.187. The molecule has 2 N–H and O–H groups in total. The Balaban J connectivity index is 1.57. The van der Waals surface area contributed by atoms with Crippen LogP contribution in [0.5, 0.6) is 0 Å². The summed E-state index contributed by atoms with van der Waals surface area (Å²) in [6, 6.07) is 13.0. The van der Waals surface area contributed by atoms with Gasteiger partial charge in [0.25, 0.3) is 0 Å². The normalized spacial score (nSPS) is 19.5. The molecule has 5 heteroatoms. The van der Waals surface area contributed by atoms with E-state index in [-0.39, 0.29) is 11.9 Å². The lowest BCUT2D eigenvalue weighted by molar-refractivity contribution is 0.0622. The molecule has 2 aromatic carbocycles. The van der Waals surface area contributed by atoms with Crippen molar-refractivity contribution in [1.82, 2.24) is 9.80 Å². The van der Waals surface area contributed by atoms with Gasteiger partial charge >= 0.3 is 0 Å². The van der Waals surface area contributed by atoms with Crippen LogP contribution in [0.1, 0.15) is 25.0 Å². The third-order valence-corrected chi connectivity index (χ3v) is 5.88. The summed E-state index contributed by atoms with van der Waals surface area (Å²) in [5.41, 5.74) is 9.84. The minimum Gasteiger partial charge on any atom is -0.398 e. The number of nitrogen functional groups attached to an aromatic ring is 1. The molecule has 0 saturated carbocycles. The predicted molar refractivity (Wildman–Crippen MR) is 121 cm³/mol. The zero-order chi connectivity index (χ0) is 21.0. The molecule has 2 unspecified atom stereocenters. The van der Waals surface area contributed by atoms with Crippen LogP contribution in [0.2, 0.25) is 5.02 Å². The van der Waals surface area contributed by atoms with Crippen LogP contribution in [-0.2, 0) is 6.54 Å². The summed E-state index contributed by atoms with van der Waals surface area (Å²) in [6.07, 6.45) is 4.04. The fourth-order valence-corrected chi connectivity index (χ4v) is 4.04. The lowest BCUT2D eigenvalue weighted by Crippen LogP contribution is -2.54. The van der Waals surface area contributed by atoms with Gasteiger partial charge < -0.3 is 5.73 Å². The topological polar surface area (TPSA) is 32.5 Å². The van der Waals surface area contributed by atoms with Crippen molar-refractivity contribution in [2.24, 2.45) is 0 Å². The van der Waals surface area contributed by atoms with E-state index in [0.29, 0.717) is 16.8 Å². The molecule has 1 heterocycles. The summed E-state index contributed by atoms with van der Waals surface area (Å²) in [5, 5.41) is 0.638. The Morgan fingerprint density at radius 3 is 2.66 bits per heavy atom. The van der Waals surface area contributed by atoms with Crippen LogP contribution >= 0.6 is 11.6 Å². The highest BCUT2D eigenvalue weighted by atomic mass is 35.5. The molecule has 29 heavy (non-hydrogen) atoms. The van der Waals surface area contributed by atoms with Crippen LogP contribution in [-0.4, -0.2) is 41.5 Å². The lowest BCUT2D eigenvalue weighted by Gasteiger charge is -2.43. The first kappa shape index (κ1) is 21.6. The third kappa shape index (κ3) is 5.69. The quantitative estimate of drug-likeness (QED) is 0.520. The van der Waals surface area contributed by atoms with Gasteiger partial charge in [-0.3, -0.25) is 9.80 Å². The molecule has 1 aliphatic rings. The minimum atomic E-state index is -0.187. The maximum Gasteiger partial charge on any atom is 0.123 e. The Morgan fingerprint density at radius 1 is 1.28 bits per heavy atom. The summed E-state index contributed by atoms with van der Waals surface area (Å²) >= 11 is 5.97. The second-order valence-corrected chi connectivity index (χ2v) is 8.24. The van der Waals surface area contributed by atoms with Crippen LogP contribution in [0.25, 0.3) is 6.08 Å². The molecular weight excluding hydrogens is 385 g/mol. The van der Waals surface area contributed by atoms with Gasteiger partial charge in [0.15, 0.2) is 0 Å². The summed E-state index contributed by atoms with van der Waals surface area (Å²) in [7, 11) is 0. The lowest BCUT2D eigenvalue weighted by atomic mass is 10.0. The molecule has 0 amide bonds. The van der Waals surface area contributed by atoms with Crippen molar-refractivity contribution in [3.05, 3.63) is 82.7 Å². The number of rotatable bonds is 6. The molecule has 1 fully saturated rings. The van der Waals surface area contributed by atoms with Gasteiger partial charge in [-0.2, -0.15) is 0 Å². The Labute approximate surface area is 178 Å². The number of hydrogen-bond acceptors (Lipinski definition) is 3. The molecule has 0 aliphatic carbocycles. The Morgan fingerprint density at radius 2 is 2.00 bits per heavy atom. The van der Waals surface area contributed by atoms with Crippen LogP contribution in [0, 0.1) is 5.82 Å². The van der Waals surface area contributed by atoms with E-state index in [0.717, 1.165) is 42.9 Å². The van der Waals surface area contributed by atoms with E-state index < -0.39 is 0 Å². The molecule has 0 spiro atoms. The fourth-order valence-electron chi connectivity index (χ4n) is 3.86. The van der Waals surface area contributed by atoms with Crippen molar-refractivity contribution in [3.8, 4) is 0 Å². The van der Waals surface area contributed by atoms with Gasteiger partial charge in [-0.1, -0.05) is 48.5 Å². The van der Waals surface area contributed by atoms with Gasteiger partial charge in [0.05, 0.1) is 0 Å². The van der Waals surface area contributed by atoms with Crippen molar-refractivity contribution in [2.45, 2.75) is 32.5 Å². The zero-order valence-electron chi connectivity index (χ0n) is 17.1. The maximum atomic E-state index is 13.1. The molecule has 154 valence electrons. The number of anilines is 1. The molecule has 0 bridgehead atoms. The smallest absolute Gasteiger partial charge is 0.123 e. The van der Waals surface area contributed by atoms with E-state index in [9.17, 15) is 4.39 Å².